The Bertz CT molecular complexity index is 244. The van der Waals surface area contributed by atoms with E-state index in [9.17, 15) is 0 Å². The van der Waals surface area contributed by atoms with E-state index in [4.69, 9.17) is 0 Å². The van der Waals surface area contributed by atoms with Crippen molar-refractivity contribution in [3.63, 3.8) is 0 Å². The molecular formula is C14H36CoN8+5. The maximum atomic E-state index is 4.46. The molecule has 2 bridgehead atoms. The summed E-state index contributed by atoms with van der Waals surface area (Å²) in [7, 11) is 0. The Morgan fingerprint density at radius 1 is 0.435 bits per heavy atom. The minimum absolute atomic E-state index is 0. The van der Waals surface area contributed by atoms with Gasteiger partial charge in [-0.2, -0.15) is 0 Å². The largest absolute Gasteiger partial charge is 3.00 e. The SMILES string of the molecule is [Co+3].[NH3+]C12CNCCNCC([NH3+])(CNCCNC1)CNCCNC2. The van der Waals surface area contributed by atoms with Crippen molar-refractivity contribution in [2.24, 2.45) is 0 Å². The molecule has 12 N–H and O–H groups in total. The second kappa shape index (κ2) is 10.9. The maximum absolute atomic E-state index is 4.46. The van der Waals surface area contributed by atoms with Gasteiger partial charge in [0.15, 0.2) is 0 Å². The zero-order valence-corrected chi connectivity index (χ0v) is 15.3. The second-order valence-corrected chi connectivity index (χ2v) is 7.06. The summed E-state index contributed by atoms with van der Waals surface area (Å²) >= 11 is 0. The Kier molecular flexibility index (Phi) is 10.1. The molecule has 0 spiro atoms. The van der Waals surface area contributed by atoms with Gasteiger partial charge in [-0.25, -0.2) is 0 Å². The molecule has 3 heterocycles. The van der Waals surface area contributed by atoms with Crippen LogP contribution in [0.1, 0.15) is 0 Å². The summed E-state index contributed by atoms with van der Waals surface area (Å²) in [5, 5.41) is 21.3. The van der Waals surface area contributed by atoms with Crippen molar-refractivity contribution in [1.82, 2.24) is 31.9 Å². The molecule has 3 rings (SSSR count). The van der Waals surface area contributed by atoms with E-state index < -0.39 is 0 Å². The second-order valence-electron chi connectivity index (χ2n) is 7.06. The summed E-state index contributed by atoms with van der Waals surface area (Å²) in [6.45, 7) is 11.3. The van der Waals surface area contributed by atoms with Crippen LogP contribution in [0.25, 0.3) is 0 Å². The third kappa shape index (κ3) is 8.21. The minimum atomic E-state index is -0.00962. The number of nitrogens with one attached hydrogen (secondary N) is 6. The van der Waals surface area contributed by atoms with Crippen LogP contribution in [0, 0.1) is 0 Å². The zero-order valence-electron chi connectivity index (χ0n) is 14.2. The smallest absolute Gasteiger partial charge is 0.350 e. The molecule has 3 aliphatic heterocycles. The zero-order chi connectivity index (χ0) is 15.7. The Balaban J connectivity index is 0.00000264. The summed E-state index contributed by atoms with van der Waals surface area (Å²) in [5.74, 6) is 0. The van der Waals surface area contributed by atoms with Gasteiger partial charge in [0.05, 0.1) is 39.3 Å². The van der Waals surface area contributed by atoms with Crippen LogP contribution in [0.4, 0.5) is 0 Å². The van der Waals surface area contributed by atoms with E-state index in [0.717, 1.165) is 78.5 Å². The topological polar surface area (TPSA) is 127 Å². The Morgan fingerprint density at radius 3 is 0.783 bits per heavy atom. The van der Waals surface area contributed by atoms with Gasteiger partial charge in [-0.1, -0.05) is 0 Å². The molecule has 0 aromatic carbocycles. The van der Waals surface area contributed by atoms with Crippen molar-refractivity contribution in [2.45, 2.75) is 11.1 Å². The Morgan fingerprint density at radius 2 is 0.609 bits per heavy atom. The molecule has 0 atom stereocenters. The molecule has 0 amide bonds. The van der Waals surface area contributed by atoms with Crippen LogP contribution in [-0.4, -0.2) is 89.6 Å². The van der Waals surface area contributed by atoms with Crippen LogP contribution in [0.15, 0.2) is 0 Å². The number of hydrogen-bond acceptors (Lipinski definition) is 6. The molecule has 3 fully saturated rings. The fourth-order valence-electron chi connectivity index (χ4n) is 3.03. The molecule has 0 radical (unpaired) electrons. The van der Waals surface area contributed by atoms with Crippen LogP contribution >= 0.6 is 0 Å². The standard InChI is InChI=1S/C14H34N8.Co/c15-13-7-17-1-2-18-8-14(16,11-21-5-3-19-9-13)12-22-6-4-20-10-13;/h17-22H,1-12,15-16H2;/q;+3/p+2. The Labute approximate surface area is 150 Å². The van der Waals surface area contributed by atoms with Gasteiger partial charge in [0.1, 0.15) is 11.1 Å². The van der Waals surface area contributed by atoms with Gasteiger partial charge in [0.2, 0.25) is 0 Å². The average molecular weight is 375 g/mol. The van der Waals surface area contributed by atoms with E-state index in [0.29, 0.717) is 0 Å². The van der Waals surface area contributed by atoms with E-state index in [1.54, 1.807) is 0 Å². The summed E-state index contributed by atoms with van der Waals surface area (Å²) in [6, 6.07) is 0. The van der Waals surface area contributed by atoms with E-state index in [1.807, 2.05) is 0 Å². The number of hydrogen-bond donors (Lipinski definition) is 8. The third-order valence-corrected chi connectivity index (χ3v) is 4.44. The van der Waals surface area contributed by atoms with Gasteiger partial charge < -0.3 is 43.4 Å². The number of rotatable bonds is 0. The molecule has 9 heteroatoms. The van der Waals surface area contributed by atoms with Crippen molar-refractivity contribution in [3.8, 4) is 0 Å². The maximum Gasteiger partial charge on any atom is 3.00 e. The van der Waals surface area contributed by atoms with Crippen molar-refractivity contribution in [2.75, 3.05) is 78.5 Å². The number of fused-ring (bicyclic) bond motifs is 15. The first kappa shape index (κ1) is 21.2. The van der Waals surface area contributed by atoms with E-state index in [-0.39, 0.29) is 27.9 Å². The monoisotopic (exact) mass is 375 g/mol. The van der Waals surface area contributed by atoms with Crippen LogP contribution in [0.2, 0.25) is 0 Å². The summed E-state index contributed by atoms with van der Waals surface area (Å²) < 4.78 is 0. The molecule has 3 saturated heterocycles. The van der Waals surface area contributed by atoms with Gasteiger partial charge in [-0.05, 0) is 0 Å². The molecule has 0 unspecified atom stereocenters. The van der Waals surface area contributed by atoms with Gasteiger partial charge in [-0.3, -0.25) is 0 Å². The van der Waals surface area contributed by atoms with Crippen LogP contribution in [-0.2, 0) is 16.8 Å². The van der Waals surface area contributed by atoms with Crippen molar-refractivity contribution < 1.29 is 28.2 Å². The summed E-state index contributed by atoms with van der Waals surface area (Å²) in [5.41, 5.74) is 8.90. The molecule has 3 aliphatic rings. The van der Waals surface area contributed by atoms with Crippen molar-refractivity contribution >= 4 is 0 Å². The van der Waals surface area contributed by atoms with Crippen molar-refractivity contribution in [3.05, 3.63) is 0 Å². The van der Waals surface area contributed by atoms with E-state index >= 15 is 0 Å². The molecule has 0 aromatic heterocycles. The Hall–Kier alpha value is 0.186. The minimum Gasteiger partial charge on any atom is -0.350 e. The molecule has 23 heavy (non-hydrogen) atoms. The average Bonchev–Trinajstić information content (AvgIpc) is 2.49. The molecule has 0 saturated carbocycles. The third-order valence-electron chi connectivity index (χ3n) is 4.44. The first-order valence-electron chi connectivity index (χ1n) is 8.57. The van der Waals surface area contributed by atoms with E-state index in [1.165, 1.54) is 0 Å². The molecule has 8 nitrogen and oxygen atoms in total. The van der Waals surface area contributed by atoms with Gasteiger partial charge in [-0.15, -0.1) is 0 Å². The van der Waals surface area contributed by atoms with Crippen LogP contribution in [0.3, 0.4) is 0 Å². The fraction of sp³-hybridized carbons (Fsp3) is 1.00. The first-order valence-corrected chi connectivity index (χ1v) is 8.57. The first-order chi connectivity index (χ1) is 10.6. The summed E-state index contributed by atoms with van der Waals surface area (Å²) in [6.07, 6.45) is 0. The fourth-order valence-corrected chi connectivity index (χ4v) is 3.03. The van der Waals surface area contributed by atoms with Gasteiger partial charge >= 0.3 is 16.8 Å². The van der Waals surface area contributed by atoms with E-state index in [2.05, 4.69) is 43.4 Å². The predicted molar refractivity (Wildman–Crippen MR) is 88.5 cm³/mol. The van der Waals surface area contributed by atoms with Crippen LogP contribution in [0.5, 0.6) is 0 Å². The quantitative estimate of drug-likeness (QED) is 0.213. The molecular weight excluding hydrogens is 339 g/mol. The number of quaternary nitrogens is 2. The van der Waals surface area contributed by atoms with Gasteiger partial charge in [0, 0.05) is 39.3 Å². The van der Waals surface area contributed by atoms with Crippen LogP contribution < -0.4 is 43.4 Å². The van der Waals surface area contributed by atoms with Crippen molar-refractivity contribution in [1.29, 1.82) is 0 Å². The molecule has 136 valence electrons. The summed E-state index contributed by atoms with van der Waals surface area (Å²) in [4.78, 5) is 0. The molecule has 0 aliphatic carbocycles. The molecule has 0 aromatic rings. The normalized spacial score (nSPS) is 35.7. The van der Waals surface area contributed by atoms with Gasteiger partial charge in [0.25, 0.3) is 0 Å². The predicted octanol–water partition coefficient (Wildman–Crippen LogP) is -5.49.